The zero-order valence-electron chi connectivity index (χ0n) is 9.34. The van der Waals surface area contributed by atoms with E-state index < -0.39 is 0 Å². The summed E-state index contributed by atoms with van der Waals surface area (Å²) in [5, 5.41) is 10.7. The molecule has 0 aliphatic carbocycles. The van der Waals surface area contributed by atoms with Crippen molar-refractivity contribution in [2.75, 3.05) is 0 Å². The van der Waals surface area contributed by atoms with Gasteiger partial charge in [0, 0.05) is 32.7 Å². The summed E-state index contributed by atoms with van der Waals surface area (Å²) in [5.74, 6) is 0. The van der Waals surface area contributed by atoms with Crippen molar-refractivity contribution in [1.29, 1.82) is 0 Å². The summed E-state index contributed by atoms with van der Waals surface area (Å²) in [5.41, 5.74) is 0. The molecule has 0 aromatic heterocycles. The summed E-state index contributed by atoms with van der Waals surface area (Å²) in [6, 6.07) is 0. The minimum absolute atomic E-state index is 0. The monoisotopic (exact) mass is 495 g/mol. The summed E-state index contributed by atoms with van der Waals surface area (Å²) in [6.45, 7) is 6.41. The third kappa shape index (κ3) is 70.0. The second-order valence-electron chi connectivity index (χ2n) is 1.14. The molecule has 0 spiro atoms. The molecule has 0 aromatic carbocycles. The third-order valence-electron chi connectivity index (χ3n) is 0.372. The molecule has 0 heterocycles. The Labute approximate surface area is 137 Å². The van der Waals surface area contributed by atoms with Gasteiger partial charge in [-0.1, -0.05) is 20.3 Å². The van der Waals surface area contributed by atoms with E-state index in [1.165, 1.54) is 19.4 Å². The van der Waals surface area contributed by atoms with Gasteiger partial charge in [-0.05, 0) is 0 Å². The maximum absolute atomic E-state index is 8.24. The van der Waals surface area contributed by atoms with E-state index in [4.69, 9.17) is 9.90 Å². The molecule has 4 nitrogen and oxygen atoms in total. The van der Waals surface area contributed by atoms with E-state index in [0.717, 1.165) is 4.35 Å². The van der Waals surface area contributed by atoms with Crippen LogP contribution in [-0.2, 0) is 73.8 Å². The normalized spacial score (nSPS) is 6.00. The van der Waals surface area contributed by atoms with Gasteiger partial charge in [-0.15, -0.1) is 0 Å². The molecule has 0 rings (SSSR count). The smallest absolute Gasteiger partial charge is 0 e. The van der Waals surface area contributed by atoms with E-state index in [1.54, 1.807) is 10.9 Å². The second-order valence-corrected chi connectivity index (χ2v) is 2.91. The number of hydrogen-bond donors (Lipinski definition) is 1. The Kier molecular flexibility index (Phi) is 72.0. The van der Waals surface area contributed by atoms with Crippen LogP contribution in [0.5, 0.6) is 0 Å². The van der Waals surface area contributed by atoms with Crippen LogP contribution < -0.4 is 0 Å². The number of hydrogen-bond acceptors (Lipinski definition) is 2. The minimum atomic E-state index is 0. The largest absolute Gasteiger partial charge is 0.665 e. The van der Waals surface area contributed by atoms with Gasteiger partial charge in [0.2, 0.25) is 0 Å². The Hall–Kier alpha value is 1.06. The van der Waals surface area contributed by atoms with Gasteiger partial charge in [0.1, 0.15) is 0 Å². The number of rotatable bonds is 3. The SMILES string of the molecule is CC.C[C](=[V])[N-]C=N[CH]=[W].O=[C-]O.[CH3-].[Y]. The fraction of sp³-hybridized carbons (Fsp3) is 0.375. The van der Waals surface area contributed by atoms with Gasteiger partial charge in [0.25, 0.3) is 0 Å². The molecule has 0 saturated heterocycles. The molecule has 0 fully saturated rings. The molecular formula is C8H15N2O2VWY-3. The van der Waals surface area contributed by atoms with Crippen molar-refractivity contribution in [2.45, 2.75) is 20.8 Å². The van der Waals surface area contributed by atoms with Crippen molar-refractivity contribution >= 4 is 21.7 Å². The Morgan fingerprint density at radius 2 is 1.93 bits per heavy atom. The molecule has 86 valence electrons. The molecule has 0 saturated carbocycles. The minimum Gasteiger partial charge on any atom is -0.665 e. The molecule has 0 unspecified atom stereocenters. The molecule has 0 aromatic rings. The van der Waals surface area contributed by atoms with Crippen LogP contribution in [0.15, 0.2) is 4.99 Å². The molecule has 15 heavy (non-hydrogen) atoms. The molecule has 0 atom stereocenters. The standard InChI is InChI=1S/C4H5N2.C2H6.CHO2.CH3.V.W.Y/c1-3-6-4-5-2;1-2;2-1-3;;;;/h2,4H,1H3;1-2H3;(H,2,3);1H3;;;/q-1;;2*-1;;;. The Balaban J connectivity index is -0.0000000415. The Bertz CT molecular complexity index is 169. The average molecular weight is 495 g/mol. The van der Waals surface area contributed by atoms with Crippen molar-refractivity contribution in [3.8, 4) is 0 Å². The summed E-state index contributed by atoms with van der Waals surface area (Å²) < 4.78 is 2.75. The van der Waals surface area contributed by atoms with Crippen LogP contribution in [0.25, 0.3) is 5.32 Å². The van der Waals surface area contributed by atoms with Crippen LogP contribution in [0.1, 0.15) is 20.8 Å². The predicted octanol–water partition coefficient (Wildman–Crippen LogP) is 1.48. The first kappa shape index (κ1) is 29.8. The first-order valence-corrected chi connectivity index (χ1v) is 5.78. The van der Waals surface area contributed by atoms with Crippen LogP contribution in [0.3, 0.4) is 0 Å². The van der Waals surface area contributed by atoms with E-state index in [2.05, 4.69) is 27.3 Å². The van der Waals surface area contributed by atoms with Crippen LogP contribution in [0.2, 0.25) is 0 Å². The van der Waals surface area contributed by atoms with E-state index in [0.29, 0.717) is 6.47 Å². The fourth-order valence-electron chi connectivity index (χ4n) is 0.144. The molecule has 1 N–H and O–H groups in total. The average Bonchev–Trinajstić information content (AvgIpc) is 2.09. The van der Waals surface area contributed by atoms with Crippen LogP contribution in [0, 0.1) is 7.43 Å². The van der Waals surface area contributed by atoms with E-state index in [9.17, 15) is 0 Å². The molecule has 0 aliphatic heterocycles. The van der Waals surface area contributed by atoms with E-state index in [1.807, 2.05) is 20.8 Å². The predicted molar refractivity (Wildman–Crippen MR) is 54.7 cm³/mol. The summed E-state index contributed by atoms with van der Waals surface area (Å²) in [7, 11) is 0. The maximum Gasteiger partial charge on any atom is 0 e. The van der Waals surface area contributed by atoms with Gasteiger partial charge in [0.05, 0.1) is 0 Å². The number of aliphatic imine (C=N–C) groups is 1. The molecule has 1 radical (unpaired) electrons. The second kappa shape index (κ2) is 36.3. The van der Waals surface area contributed by atoms with Crippen molar-refractivity contribution in [2.24, 2.45) is 4.99 Å². The third-order valence-corrected chi connectivity index (χ3v) is 0.990. The van der Waals surface area contributed by atoms with Crippen LogP contribution in [0.4, 0.5) is 0 Å². The first-order chi connectivity index (χ1) is 6.18. The van der Waals surface area contributed by atoms with Crippen LogP contribution >= 0.6 is 0 Å². The van der Waals surface area contributed by atoms with Crippen LogP contribution in [-0.4, -0.2) is 26.8 Å². The first-order valence-electron chi connectivity index (χ1n) is 3.39. The van der Waals surface area contributed by atoms with Gasteiger partial charge in [-0.2, -0.15) is 0 Å². The molecular weight excluding hydrogens is 480 g/mol. The summed E-state index contributed by atoms with van der Waals surface area (Å²) in [4.78, 5) is 12.0. The van der Waals surface area contributed by atoms with Gasteiger partial charge in [0.15, 0.2) is 0 Å². The van der Waals surface area contributed by atoms with E-state index >= 15 is 0 Å². The summed E-state index contributed by atoms with van der Waals surface area (Å²) >= 11 is 3.69. The maximum atomic E-state index is 8.24. The van der Waals surface area contributed by atoms with Gasteiger partial charge in [-0.3, -0.25) is 0 Å². The molecule has 7 heteroatoms. The van der Waals surface area contributed by atoms with Gasteiger partial charge >= 0.3 is 68.8 Å². The Morgan fingerprint density at radius 3 is 2.13 bits per heavy atom. The summed E-state index contributed by atoms with van der Waals surface area (Å²) in [6.07, 6.45) is 1.54. The molecule has 0 amide bonds. The quantitative estimate of drug-likeness (QED) is 0.367. The number of nitrogens with zero attached hydrogens (tertiary/aromatic N) is 2. The molecule has 0 bridgehead atoms. The van der Waals surface area contributed by atoms with Gasteiger partial charge < -0.3 is 17.3 Å². The number of aliphatic hydroxyl groups excluding tert-OH is 1. The zero-order chi connectivity index (χ0) is 11.1. The topological polar surface area (TPSA) is 63.8 Å². The van der Waals surface area contributed by atoms with Crippen molar-refractivity contribution < 1.29 is 78.9 Å². The van der Waals surface area contributed by atoms with E-state index in [-0.39, 0.29) is 40.1 Å². The van der Waals surface area contributed by atoms with Crippen molar-refractivity contribution in [1.82, 2.24) is 0 Å². The molecule has 0 aliphatic rings. The fourth-order valence-corrected chi connectivity index (χ4v) is 0.420. The zero-order valence-corrected chi connectivity index (χ0v) is 16.5. The van der Waals surface area contributed by atoms with Crippen molar-refractivity contribution in [3.63, 3.8) is 0 Å². The van der Waals surface area contributed by atoms with Crippen molar-refractivity contribution in [3.05, 3.63) is 12.7 Å². The van der Waals surface area contributed by atoms with Gasteiger partial charge in [-0.25, -0.2) is 0 Å². The Morgan fingerprint density at radius 1 is 1.60 bits per heavy atom.